The molecule has 31 heavy (non-hydrogen) atoms. The molecule has 2 aliphatic rings. The molecule has 0 aliphatic carbocycles. The Hall–Kier alpha value is -3.27. The zero-order chi connectivity index (χ0) is 22.9. The van der Waals surface area contributed by atoms with E-state index in [0.29, 0.717) is 0 Å². The van der Waals surface area contributed by atoms with Gasteiger partial charge in [0, 0.05) is 12.1 Å². The maximum absolute atomic E-state index is 13.0. The predicted molar refractivity (Wildman–Crippen MR) is 110 cm³/mol. The summed E-state index contributed by atoms with van der Waals surface area (Å²) in [4.78, 5) is 64.9. The van der Waals surface area contributed by atoms with Crippen molar-refractivity contribution in [3.05, 3.63) is 29.3 Å². The van der Waals surface area contributed by atoms with Crippen molar-refractivity contribution in [3.8, 4) is 0 Å². The molecule has 3 N–H and O–H groups in total. The predicted octanol–water partition coefficient (Wildman–Crippen LogP) is 0.170. The van der Waals surface area contributed by atoms with Gasteiger partial charge >= 0.3 is 5.97 Å². The van der Waals surface area contributed by atoms with E-state index in [1.165, 1.54) is 12.1 Å². The maximum atomic E-state index is 13.0. The average molecular weight is 430 g/mol. The van der Waals surface area contributed by atoms with Crippen LogP contribution in [-0.4, -0.2) is 71.7 Å². The lowest BCUT2D eigenvalue weighted by atomic mass is 10.0. The highest BCUT2D eigenvalue weighted by Gasteiger charge is 2.47. The summed E-state index contributed by atoms with van der Waals surface area (Å²) < 4.78 is 5.21. The summed E-state index contributed by atoms with van der Waals surface area (Å²) in [5.74, 6) is -2.86. The molecule has 1 saturated heterocycles. The molecule has 10 heteroatoms. The molecule has 3 rings (SSSR count). The number of likely N-dealkylation sites (N-methyl/N-ethyl adjacent to an activating group) is 1. The van der Waals surface area contributed by atoms with Crippen LogP contribution >= 0.6 is 0 Å². The Balaban J connectivity index is 1.70. The highest BCUT2D eigenvalue weighted by Crippen LogP contribution is 2.32. The van der Waals surface area contributed by atoms with Crippen molar-refractivity contribution in [3.63, 3.8) is 0 Å². The first-order valence-corrected chi connectivity index (χ1v) is 10.1. The number of nitrogens with one attached hydrogen (secondary N) is 1. The molecule has 0 saturated carbocycles. The third kappa shape index (κ3) is 4.02. The van der Waals surface area contributed by atoms with E-state index < -0.39 is 41.7 Å². The molecule has 0 radical (unpaired) electrons. The van der Waals surface area contributed by atoms with Crippen LogP contribution in [0.25, 0.3) is 0 Å². The van der Waals surface area contributed by atoms with E-state index in [1.54, 1.807) is 13.1 Å². The highest BCUT2D eigenvalue weighted by atomic mass is 16.5. The SMILES string of the molecule is CN[C@H](C(=O)OCCN1C(=O)CCC(N2C(=O)c3cccc(N)c3C2=O)C1=O)C(C)C. The summed E-state index contributed by atoms with van der Waals surface area (Å²) in [5.41, 5.74) is 6.22. The number of fused-ring (bicyclic) bond motifs is 1. The number of imide groups is 2. The fraction of sp³-hybridized carbons (Fsp3) is 0.476. The van der Waals surface area contributed by atoms with Crippen molar-refractivity contribution in [1.82, 2.24) is 15.1 Å². The molecule has 1 unspecified atom stereocenters. The molecule has 2 aliphatic heterocycles. The van der Waals surface area contributed by atoms with Crippen LogP contribution in [0.2, 0.25) is 0 Å². The van der Waals surface area contributed by atoms with Crippen molar-refractivity contribution in [1.29, 1.82) is 0 Å². The Bertz CT molecular complexity index is 944. The number of piperidine rings is 1. The summed E-state index contributed by atoms with van der Waals surface area (Å²) in [6.45, 7) is 3.39. The lowest BCUT2D eigenvalue weighted by Gasteiger charge is -2.34. The summed E-state index contributed by atoms with van der Waals surface area (Å²) in [7, 11) is 1.64. The summed E-state index contributed by atoms with van der Waals surface area (Å²) in [5, 5.41) is 2.86. The first-order chi connectivity index (χ1) is 14.7. The van der Waals surface area contributed by atoms with Crippen molar-refractivity contribution in [2.45, 2.75) is 38.8 Å². The number of nitrogen functional groups attached to an aromatic ring is 1. The lowest BCUT2D eigenvalue weighted by molar-refractivity contribution is -0.156. The van der Waals surface area contributed by atoms with E-state index >= 15 is 0 Å². The van der Waals surface area contributed by atoms with Gasteiger partial charge in [0.25, 0.3) is 17.7 Å². The molecule has 10 nitrogen and oxygen atoms in total. The number of amides is 4. The van der Waals surface area contributed by atoms with E-state index in [4.69, 9.17) is 10.5 Å². The Morgan fingerprint density at radius 3 is 2.55 bits per heavy atom. The van der Waals surface area contributed by atoms with Crippen LogP contribution in [0.5, 0.6) is 0 Å². The lowest BCUT2D eigenvalue weighted by Crippen LogP contribution is -2.56. The molecule has 2 atom stereocenters. The molecule has 4 amide bonds. The summed E-state index contributed by atoms with van der Waals surface area (Å²) in [6.07, 6.45) is 0.0207. The van der Waals surface area contributed by atoms with E-state index in [9.17, 15) is 24.0 Å². The zero-order valence-electron chi connectivity index (χ0n) is 17.7. The Labute approximate surface area is 179 Å². The van der Waals surface area contributed by atoms with Gasteiger partial charge in [-0.15, -0.1) is 0 Å². The monoisotopic (exact) mass is 430 g/mol. The second-order valence-corrected chi connectivity index (χ2v) is 7.87. The number of likely N-dealkylation sites (tertiary alicyclic amines) is 1. The molecular formula is C21H26N4O6. The standard InChI is InChI=1S/C21H26N4O6/c1-11(2)17(23-3)21(30)31-10-9-24-15(26)8-7-14(19(24)28)25-18(27)12-5-4-6-13(22)16(12)20(25)29/h4-6,11,14,17,23H,7-10,22H2,1-3H3/t14?,17-/m0/s1. The van der Waals surface area contributed by atoms with E-state index in [-0.39, 0.29) is 48.7 Å². The van der Waals surface area contributed by atoms with Crippen LogP contribution < -0.4 is 11.1 Å². The van der Waals surface area contributed by atoms with Gasteiger partial charge in [0.15, 0.2) is 0 Å². The fourth-order valence-electron chi connectivity index (χ4n) is 3.96. The van der Waals surface area contributed by atoms with Gasteiger partial charge in [-0.2, -0.15) is 0 Å². The minimum absolute atomic E-state index is 0.00129. The van der Waals surface area contributed by atoms with Crippen molar-refractivity contribution >= 4 is 35.3 Å². The first-order valence-electron chi connectivity index (χ1n) is 10.1. The molecular weight excluding hydrogens is 404 g/mol. The molecule has 0 spiro atoms. The van der Waals surface area contributed by atoms with E-state index in [1.807, 2.05) is 13.8 Å². The van der Waals surface area contributed by atoms with Crippen molar-refractivity contribution < 1.29 is 28.7 Å². The summed E-state index contributed by atoms with van der Waals surface area (Å²) >= 11 is 0. The normalized spacial score (nSPS) is 19.8. The Morgan fingerprint density at radius 1 is 1.23 bits per heavy atom. The number of esters is 1. The minimum atomic E-state index is -1.11. The maximum Gasteiger partial charge on any atom is 0.323 e. The number of carbonyl (C=O) groups is 5. The van der Waals surface area contributed by atoms with Crippen LogP contribution in [-0.2, 0) is 19.1 Å². The van der Waals surface area contributed by atoms with Crippen LogP contribution in [0.4, 0.5) is 5.69 Å². The van der Waals surface area contributed by atoms with Crippen LogP contribution in [0, 0.1) is 5.92 Å². The van der Waals surface area contributed by atoms with Gasteiger partial charge in [0.05, 0.1) is 17.7 Å². The van der Waals surface area contributed by atoms with Gasteiger partial charge in [-0.25, -0.2) is 0 Å². The number of rotatable bonds is 7. The smallest absolute Gasteiger partial charge is 0.323 e. The third-order valence-corrected chi connectivity index (χ3v) is 5.56. The van der Waals surface area contributed by atoms with Gasteiger partial charge in [0.1, 0.15) is 18.7 Å². The quantitative estimate of drug-likeness (QED) is 0.355. The molecule has 2 heterocycles. The molecule has 1 aromatic carbocycles. The Kier molecular flexibility index (Phi) is 6.40. The number of ether oxygens (including phenoxy) is 1. The van der Waals surface area contributed by atoms with Gasteiger partial charge in [-0.05, 0) is 31.5 Å². The largest absolute Gasteiger partial charge is 0.463 e. The van der Waals surface area contributed by atoms with E-state index in [2.05, 4.69) is 5.32 Å². The highest BCUT2D eigenvalue weighted by molar-refractivity contribution is 6.25. The van der Waals surface area contributed by atoms with Crippen LogP contribution in [0.3, 0.4) is 0 Å². The molecule has 1 fully saturated rings. The van der Waals surface area contributed by atoms with E-state index in [0.717, 1.165) is 9.80 Å². The number of hydrogen-bond donors (Lipinski definition) is 2. The van der Waals surface area contributed by atoms with Crippen LogP contribution in [0.15, 0.2) is 18.2 Å². The number of nitrogens with zero attached hydrogens (tertiary/aromatic N) is 2. The molecule has 166 valence electrons. The van der Waals surface area contributed by atoms with Gasteiger partial charge in [0.2, 0.25) is 5.91 Å². The van der Waals surface area contributed by atoms with Gasteiger partial charge in [-0.3, -0.25) is 33.8 Å². The first kappa shape index (κ1) is 22.4. The Morgan fingerprint density at radius 2 is 1.94 bits per heavy atom. The van der Waals surface area contributed by atoms with Crippen molar-refractivity contribution in [2.24, 2.45) is 5.92 Å². The minimum Gasteiger partial charge on any atom is -0.463 e. The number of benzene rings is 1. The van der Waals surface area contributed by atoms with Crippen molar-refractivity contribution in [2.75, 3.05) is 25.9 Å². The van der Waals surface area contributed by atoms with Gasteiger partial charge in [-0.1, -0.05) is 19.9 Å². The third-order valence-electron chi connectivity index (χ3n) is 5.56. The number of hydrogen-bond acceptors (Lipinski definition) is 8. The zero-order valence-corrected chi connectivity index (χ0v) is 17.7. The average Bonchev–Trinajstić information content (AvgIpc) is 2.96. The fourth-order valence-corrected chi connectivity index (χ4v) is 3.96. The van der Waals surface area contributed by atoms with Gasteiger partial charge < -0.3 is 15.8 Å². The number of anilines is 1. The second-order valence-electron chi connectivity index (χ2n) is 7.87. The molecule has 1 aromatic rings. The molecule has 0 bridgehead atoms. The second kappa shape index (κ2) is 8.84. The number of carbonyl (C=O) groups excluding carboxylic acids is 5. The molecule has 0 aromatic heterocycles. The van der Waals surface area contributed by atoms with Crippen LogP contribution in [0.1, 0.15) is 47.4 Å². The number of nitrogens with two attached hydrogens (primary N) is 1. The topological polar surface area (TPSA) is 139 Å². The summed E-state index contributed by atoms with van der Waals surface area (Å²) in [6, 6.07) is 2.93.